The first-order chi connectivity index (χ1) is 7.29. The molecule has 0 unspecified atom stereocenters. The normalized spacial score (nSPS) is 18.5. The first kappa shape index (κ1) is 11.4. The predicted molar refractivity (Wildman–Crippen MR) is 72.2 cm³/mol. The third kappa shape index (κ3) is 2.93. The zero-order chi connectivity index (χ0) is 10.7. The highest BCUT2D eigenvalue weighted by Crippen LogP contribution is 2.21. The summed E-state index contributed by atoms with van der Waals surface area (Å²) < 4.78 is 1.04. The van der Waals surface area contributed by atoms with Gasteiger partial charge in [-0.3, -0.25) is 4.90 Å². The van der Waals surface area contributed by atoms with Gasteiger partial charge < -0.3 is 4.90 Å². The lowest BCUT2D eigenvalue weighted by molar-refractivity contribution is 0.217. The summed E-state index contributed by atoms with van der Waals surface area (Å²) in [6.45, 7) is 5.22. The SMILES string of the molecule is CCN1CSC(=S)N(Cc2cccs2)C1. The van der Waals surface area contributed by atoms with E-state index in [0.717, 1.165) is 30.0 Å². The molecule has 2 heterocycles. The molecule has 5 heteroatoms. The first-order valence-electron chi connectivity index (χ1n) is 4.96. The second-order valence-corrected chi connectivity index (χ2v) is 6.06. The molecule has 0 radical (unpaired) electrons. The van der Waals surface area contributed by atoms with Crippen molar-refractivity contribution in [3.05, 3.63) is 22.4 Å². The van der Waals surface area contributed by atoms with Crippen molar-refractivity contribution in [2.45, 2.75) is 13.5 Å². The minimum atomic E-state index is 0.958. The van der Waals surface area contributed by atoms with Crippen LogP contribution in [0.2, 0.25) is 0 Å². The molecule has 1 saturated heterocycles. The Morgan fingerprint density at radius 3 is 3.07 bits per heavy atom. The second kappa shape index (κ2) is 5.30. The summed E-state index contributed by atoms with van der Waals surface area (Å²) in [5.74, 6) is 1.04. The highest BCUT2D eigenvalue weighted by Gasteiger charge is 2.20. The maximum atomic E-state index is 5.37. The minimum absolute atomic E-state index is 0.958. The number of thiophene rings is 1. The van der Waals surface area contributed by atoms with E-state index < -0.39 is 0 Å². The number of hydrogen-bond donors (Lipinski definition) is 0. The van der Waals surface area contributed by atoms with E-state index in [1.807, 2.05) is 0 Å². The number of nitrogens with zero attached hydrogens (tertiary/aromatic N) is 2. The van der Waals surface area contributed by atoms with Gasteiger partial charge >= 0.3 is 0 Å². The molecule has 0 spiro atoms. The summed E-state index contributed by atoms with van der Waals surface area (Å²) in [4.78, 5) is 6.06. The zero-order valence-corrected chi connectivity index (χ0v) is 11.1. The molecule has 1 fully saturated rings. The zero-order valence-electron chi connectivity index (χ0n) is 8.68. The summed E-state index contributed by atoms with van der Waals surface area (Å²) in [6.07, 6.45) is 0. The van der Waals surface area contributed by atoms with Crippen molar-refractivity contribution in [2.24, 2.45) is 0 Å². The molecule has 1 aliphatic rings. The van der Waals surface area contributed by atoms with E-state index in [4.69, 9.17) is 12.2 Å². The molecular weight excluding hydrogens is 244 g/mol. The predicted octanol–water partition coefficient (Wildman–Crippen LogP) is 2.82. The number of thioether (sulfide) groups is 1. The smallest absolute Gasteiger partial charge is 0.139 e. The molecule has 1 aromatic rings. The van der Waals surface area contributed by atoms with Crippen LogP contribution in [-0.4, -0.2) is 33.2 Å². The Morgan fingerprint density at radius 2 is 2.40 bits per heavy atom. The molecule has 0 N–H and O–H groups in total. The number of thiocarbonyl (C=S) groups is 1. The summed E-state index contributed by atoms with van der Waals surface area (Å²) in [6, 6.07) is 4.26. The van der Waals surface area contributed by atoms with E-state index in [1.165, 1.54) is 4.88 Å². The first-order valence-corrected chi connectivity index (χ1v) is 7.23. The molecular formula is C10H14N2S3. The van der Waals surface area contributed by atoms with Crippen molar-refractivity contribution in [2.75, 3.05) is 19.1 Å². The van der Waals surface area contributed by atoms with Crippen LogP contribution in [0.4, 0.5) is 0 Å². The van der Waals surface area contributed by atoms with Gasteiger partial charge in [-0.05, 0) is 18.0 Å². The van der Waals surface area contributed by atoms with E-state index >= 15 is 0 Å². The van der Waals surface area contributed by atoms with Crippen molar-refractivity contribution in [3.8, 4) is 0 Å². The Bertz CT molecular complexity index is 323. The van der Waals surface area contributed by atoms with Gasteiger partial charge in [0.1, 0.15) is 4.32 Å². The standard InChI is InChI=1S/C10H14N2S3/c1-2-11-7-12(10(13)15-8-11)6-9-4-3-5-14-9/h3-5H,2,6-8H2,1H3. The van der Waals surface area contributed by atoms with Gasteiger partial charge in [-0.1, -0.05) is 37.0 Å². The molecule has 0 atom stereocenters. The molecule has 0 saturated carbocycles. The van der Waals surface area contributed by atoms with E-state index in [1.54, 1.807) is 23.1 Å². The van der Waals surface area contributed by atoms with Crippen molar-refractivity contribution >= 4 is 39.6 Å². The summed E-state index contributed by atoms with van der Waals surface area (Å²) >= 11 is 8.93. The maximum absolute atomic E-state index is 5.37. The van der Waals surface area contributed by atoms with Crippen molar-refractivity contribution < 1.29 is 0 Å². The molecule has 1 aromatic heterocycles. The molecule has 82 valence electrons. The van der Waals surface area contributed by atoms with Crippen LogP contribution in [0.1, 0.15) is 11.8 Å². The molecule has 2 rings (SSSR count). The molecule has 0 amide bonds. The fourth-order valence-corrected chi connectivity index (χ4v) is 3.34. The van der Waals surface area contributed by atoms with E-state index in [0.29, 0.717) is 0 Å². The van der Waals surface area contributed by atoms with Crippen LogP contribution in [0, 0.1) is 0 Å². The van der Waals surface area contributed by atoms with E-state index in [-0.39, 0.29) is 0 Å². The lowest BCUT2D eigenvalue weighted by Crippen LogP contribution is -2.43. The maximum Gasteiger partial charge on any atom is 0.139 e. The average Bonchev–Trinajstić information content (AvgIpc) is 2.74. The van der Waals surface area contributed by atoms with Crippen LogP contribution in [0.25, 0.3) is 0 Å². The Hall–Kier alpha value is -0.100. The van der Waals surface area contributed by atoms with Gasteiger partial charge in [0.2, 0.25) is 0 Å². The van der Waals surface area contributed by atoms with Gasteiger partial charge in [0, 0.05) is 4.88 Å². The largest absolute Gasteiger partial charge is 0.339 e. The van der Waals surface area contributed by atoms with Crippen LogP contribution in [0.3, 0.4) is 0 Å². The highest BCUT2D eigenvalue weighted by molar-refractivity contribution is 8.22. The molecule has 2 nitrogen and oxygen atoms in total. The van der Waals surface area contributed by atoms with Gasteiger partial charge in [-0.2, -0.15) is 0 Å². The third-order valence-corrected chi connectivity index (χ3v) is 4.85. The second-order valence-electron chi connectivity index (χ2n) is 3.45. The van der Waals surface area contributed by atoms with Crippen LogP contribution in [0.15, 0.2) is 17.5 Å². The van der Waals surface area contributed by atoms with E-state index in [2.05, 4.69) is 34.2 Å². The van der Waals surface area contributed by atoms with Gasteiger partial charge in [0.05, 0.1) is 19.1 Å². The fourth-order valence-electron chi connectivity index (χ4n) is 1.47. The third-order valence-electron chi connectivity index (χ3n) is 2.37. The van der Waals surface area contributed by atoms with Crippen LogP contribution in [-0.2, 0) is 6.54 Å². The average molecular weight is 258 g/mol. The van der Waals surface area contributed by atoms with Crippen LogP contribution >= 0.6 is 35.3 Å². The van der Waals surface area contributed by atoms with Gasteiger partial charge in [-0.25, -0.2) is 0 Å². The summed E-state index contributed by atoms with van der Waals surface area (Å²) in [5, 5.41) is 2.12. The lowest BCUT2D eigenvalue weighted by Gasteiger charge is -2.35. The fraction of sp³-hybridized carbons (Fsp3) is 0.500. The highest BCUT2D eigenvalue weighted by atomic mass is 32.2. The lowest BCUT2D eigenvalue weighted by atomic mass is 10.4. The molecule has 15 heavy (non-hydrogen) atoms. The molecule has 0 bridgehead atoms. The quantitative estimate of drug-likeness (QED) is 0.769. The Balaban J connectivity index is 1.97. The molecule has 0 aromatic carbocycles. The molecule has 1 aliphatic heterocycles. The van der Waals surface area contributed by atoms with Crippen molar-refractivity contribution in [1.82, 2.24) is 9.80 Å². The van der Waals surface area contributed by atoms with Crippen molar-refractivity contribution in [3.63, 3.8) is 0 Å². The number of rotatable bonds is 3. The summed E-state index contributed by atoms with van der Waals surface area (Å²) in [7, 11) is 0. The minimum Gasteiger partial charge on any atom is -0.339 e. The monoisotopic (exact) mass is 258 g/mol. The Labute approximate surface area is 104 Å². The Morgan fingerprint density at radius 1 is 1.53 bits per heavy atom. The van der Waals surface area contributed by atoms with Crippen LogP contribution < -0.4 is 0 Å². The summed E-state index contributed by atoms with van der Waals surface area (Å²) in [5.41, 5.74) is 0. The topological polar surface area (TPSA) is 6.48 Å². The van der Waals surface area contributed by atoms with Crippen LogP contribution in [0.5, 0.6) is 0 Å². The van der Waals surface area contributed by atoms with Crippen molar-refractivity contribution in [1.29, 1.82) is 0 Å². The van der Waals surface area contributed by atoms with Gasteiger partial charge in [0.15, 0.2) is 0 Å². The molecule has 0 aliphatic carbocycles. The van der Waals surface area contributed by atoms with Gasteiger partial charge in [0.25, 0.3) is 0 Å². The van der Waals surface area contributed by atoms with Gasteiger partial charge in [-0.15, -0.1) is 11.3 Å². The van der Waals surface area contributed by atoms with E-state index in [9.17, 15) is 0 Å². The number of hydrogen-bond acceptors (Lipinski definition) is 4. The Kier molecular flexibility index (Phi) is 4.02.